The average Bonchev–Trinajstić information content (AvgIpc) is 3.10. The zero-order valence-electron chi connectivity index (χ0n) is 30.5. The Labute approximate surface area is 295 Å². The number of hydrogen-bond acceptors (Lipinski definition) is 5. The summed E-state index contributed by atoms with van der Waals surface area (Å²) < 4.78 is 13.3. The van der Waals surface area contributed by atoms with Crippen LogP contribution in [0.4, 0.5) is 0 Å². The molecular formula is C43H55BNO4. The topological polar surface area (TPSA) is 65.5 Å². The van der Waals surface area contributed by atoms with Gasteiger partial charge in [0.05, 0.1) is 10.8 Å². The van der Waals surface area contributed by atoms with Gasteiger partial charge in [-0.3, -0.25) is 14.6 Å². The van der Waals surface area contributed by atoms with Gasteiger partial charge in [-0.25, -0.2) is 0 Å². The van der Waals surface area contributed by atoms with E-state index in [0.29, 0.717) is 36.9 Å². The molecule has 4 aliphatic carbocycles. The summed E-state index contributed by atoms with van der Waals surface area (Å²) >= 11 is 0. The third kappa shape index (κ3) is 7.40. The molecule has 4 aliphatic rings. The van der Waals surface area contributed by atoms with Gasteiger partial charge in [-0.05, 0) is 131 Å². The van der Waals surface area contributed by atoms with Crippen LogP contribution in [0.1, 0.15) is 116 Å². The Balaban J connectivity index is 1.23. The zero-order chi connectivity index (χ0) is 34.9. The van der Waals surface area contributed by atoms with E-state index in [0.717, 1.165) is 36.8 Å². The van der Waals surface area contributed by atoms with Gasteiger partial charge in [0.1, 0.15) is 12.9 Å². The second-order valence-corrected chi connectivity index (χ2v) is 17.0. The number of nitrogens with zero attached hydrogens (tertiary/aromatic N) is 1. The van der Waals surface area contributed by atoms with Crippen molar-refractivity contribution in [1.82, 2.24) is 4.98 Å². The van der Waals surface area contributed by atoms with E-state index in [1.165, 1.54) is 24.8 Å². The molecule has 0 aliphatic heterocycles. The Bertz CT molecular complexity index is 1520. The predicted molar refractivity (Wildman–Crippen MR) is 196 cm³/mol. The van der Waals surface area contributed by atoms with Crippen molar-refractivity contribution in [3.8, 4) is 0 Å². The molecule has 2 unspecified atom stereocenters. The van der Waals surface area contributed by atoms with Crippen LogP contribution < -0.4 is 0 Å². The van der Waals surface area contributed by atoms with Crippen molar-refractivity contribution in [2.75, 3.05) is 0 Å². The second-order valence-electron chi connectivity index (χ2n) is 17.0. The smallest absolute Gasteiger partial charge is 0.312 e. The Morgan fingerprint density at radius 3 is 1.73 bits per heavy atom. The predicted octanol–water partition coefficient (Wildman–Crippen LogP) is 9.66. The summed E-state index contributed by atoms with van der Waals surface area (Å²) in [5, 5.41) is -0.229. The Hall–Kier alpha value is -3.41. The molecule has 259 valence electrons. The maximum atomic E-state index is 14.6. The summed E-state index contributed by atoms with van der Waals surface area (Å²) in [6.07, 6.45) is 13.0. The third-order valence-corrected chi connectivity index (χ3v) is 12.7. The lowest BCUT2D eigenvalue weighted by molar-refractivity contribution is -0.196. The number of benzene rings is 2. The first-order chi connectivity index (χ1) is 23.3. The summed E-state index contributed by atoms with van der Waals surface area (Å²) in [4.78, 5) is 33.1. The summed E-state index contributed by atoms with van der Waals surface area (Å²) in [7, 11) is 2.32. The molecule has 0 saturated heterocycles. The molecule has 2 atom stereocenters. The second kappa shape index (κ2) is 13.7. The highest BCUT2D eigenvalue weighted by molar-refractivity contribution is 6.41. The van der Waals surface area contributed by atoms with Crippen LogP contribution in [-0.4, -0.2) is 29.8 Å². The van der Waals surface area contributed by atoms with Gasteiger partial charge in [0.15, 0.2) is 5.60 Å². The molecule has 0 N–H and O–H groups in total. The summed E-state index contributed by atoms with van der Waals surface area (Å²) in [5.41, 5.74) is 0.0930. The highest BCUT2D eigenvalue weighted by Gasteiger charge is 2.55. The lowest BCUT2D eigenvalue weighted by atomic mass is 9.44. The average molecular weight is 661 g/mol. The number of carbonyl (C=O) groups excluding carboxylic acids is 2. The Morgan fingerprint density at radius 2 is 1.24 bits per heavy atom. The van der Waals surface area contributed by atoms with Gasteiger partial charge in [-0.15, -0.1) is 0 Å². The molecule has 4 saturated carbocycles. The van der Waals surface area contributed by atoms with E-state index < -0.39 is 16.4 Å². The molecule has 1 radical (unpaired) electrons. The number of carbonyl (C=O) groups is 2. The Morgan fingerprint density at radius 1 is 0.735 bits per heavy atom. The maximum Gasteiger partial charge on any atom is 0.312 e. The fourth-order valence-corrected chi connectivity index (χ4v) is 9.22. The van der Waals surface area contributed by atoms with E-state index in [2.05, 4.69) is 45.2 Å². The van der Waals surface area contributed by atoms with Crippen LogP contribution >= 0.6 is 0 Å². The van der Waals surface area contributed by atoms with Gasteiger partial charge in [0.25, 0.3) is 0 Å². The molecule has 5 nitrogen and oxygen atoms in total. The number of pyridine rings is 1. The first-order valence-corrected chi connectivity index (χ1v) is 18.6. The van der Waals surface area contributed by atoms with Crippen molar-refractivity contribution in [3.05, 3.63) is 102 Å². The molecule has 6 heteroatoms. The maximum absolute atomic E-state index is 14.6. The van der Waals surface area contributed by atoms with E-state index in [1.807, 2.05) is 93.8 Å². The fourth-order valence-electron chi connectivity index (χ4n) is 9.22. The Kier molecular flexibility index (Phi) is 9.92. The van der Waals surface area contributed by atoms with Crippen molar-refractivity contribution in [3.63, 3.8) is 0 Å². The van der Waals surface area contributed by atoms with Crippen LogP contribution in [0, 0.1) is 28.6 Å². The van der Waals surface area contributed by atoms with Crippen LogP contribution in [-0.2, 0) is 30.0 Å². The largest absolute Gasteiger partial charge is 0.459 e. The van der Waals surface area contributed by atoms with Gasteiger partial charge in [0, 0.05) is 12.4 Å². The summed E-state index contributed by atoms with van der Waals surface area (Å²) in [6.45, 7) is 12.4. The molecule has 49 heavy (non-hydrogen) atoms. The molecule has 0 spiro atoms. The molecule has 2 aromatic carbocycles. The number of hydrogen-bond donors (Lipinski definition) is 0. The highest BCUT2D eigenvalue weighted by Crippen LogP contribution is 2.58. The number of ether oxygens (including phenoxy) is 2. The minimum absolute atomic E-state index is 0.110. The number of esters is 2. The SMILES string of the molecule is CCC(C)([B]CC(C)(CCC(C)(C)C(=O)OC(C)(c1ccccc1)c1ccccc1)C(=O)OC12CC3CC(CC(C3)C1)C2)c1ccncc1. The van der Waals surface area contributed by atoms with E-state index >= 15 is 0 Å². The molecule has 3 aromatic rings. The third-order valence-electron chi connectivity index (χ3n) is 12.7. The van der Waals surface area contributed by atoms with Gasteiger partial charge in [0.2, 0.25) is 0 Å². The van der Waals surface area contributed by atoms with E-state index in [4.69, 9.17) is 9.47 Å². The quantitative estimate of drug-likeness (QED) is 0.127. The number of aromatic nitrogens is 1. The summed E-state index contributed by atoms with van der Waals surface area (Å²) in [5.74, 6) is 1.66. The molecule has 0 amide bonds. The summed E-state index contributed by atoms with van der Waals surface area (Å²) in [6, 6.07) is 24.0. The van der Waals surface area contributed by atoms with Crippen molar-refractivity contribution in [2.24, 2.45) is 28.6 Å². The first-order valence-electron chi connectivity index (χ1n) is 18.6. The van der Waals surface area contributed by atoms with Crippen LogP contribution in [0.5, 0.6) is 0 Å². The molecule has 4 fully saturated rings. The standard InChI is InChI=1S/C43H55BNO4/c1-7-41(5,34-18-22-45-23-19-34)44-30-40(4,38(47)49-43-27-31-24-32(28-43)26-33(25-31)29-43)21-20-39(2,3)37(46)48-42(6,35-14-10-8-11-15-35)36-16-12-9-13-17-36/h8-19,22-23,31-33H,7,20-21,24-30H2,1-6H3. The van der Waals surface area contributed by atoms with Crippen molar-refractivity contribution in [2.45, 2.75) is 122 Å². The highest BCUT2D eigenvalue weighted by atomic mass is 16.6. The normalized spacial score (nSPS) is 25.6. The first kappa shape index (κ1) is 35.4. The minimum Gasteiger partial charge on any atom is -0.459 e. The van der Waals surface area contributed by atoms with E-state index in [1.54, 1.807) is 0 Å². The molecule has 1 heterocycles. The van der Waals surface area contributed by atoms with E-state index in [-0.39, 0.29) is 22.9 Å². The molecule has 1 aromatic heterocycles. The van der Waals surface area contributed by atoms with Gasteiger partial charge in [-0.1, -0.05) is 87.3 Å². The lowest BCUT2D eigenvalue weighted by Gasteiger charge is -2.56. The van der Waals surface area contributed by atoms with Crippen LogP contribution in [0.25, 0.3) is 0 Å². The van der Waals surface area contributed by atoms with Crippen LogP contribution in [0.15, 0.2) is 85.2 Å². The molecule has 7 rings (SSSR count). The van der Waals surface area contributed by atoms with E-state index in [9.17, 15) is 9.59 Å². The van der Waals surface area contributed by atoms with Gasteiger partial charge < -0.3 is 9.47 Å². The van der Waals surface area contributed by atoms with Gasteiger partial charge in [-0.2, -0.15) is 0 Å². The monoisotopic (exact) mass is 660 g/mol. The fraction of sp³-hybridized carbons (Fsp3) is 0.558. The van der Waals surface area contributed by atoms with Crippen molar-refractivity contribution < 1.29 is 19.1 Å². The lowest BCUT2D eigenvalue weighted by Crippen LogP contribution is -2.54. The van der Waals surface area contributed by atoms with Gasteiger partial charge >= 0.3 is 11.9 Å². The molecular weight excluding hydrogens is 605 g/mol. The minimum atomic E-state index is -0.959. The van der Waals surface area contributed by atoms with Crippen LogP contribution in [0.2, 0.25) is 6.32 Å². The molecule has 4 bridgehead atoms. The van der Waals surface area contributed by atoms with Crippen molar-refractivity contribution in [1.29, 1.82) is 0 Å². The van der Waals surface area contributed by atoms with Crippen LogP contribution in [0.3, 0.4) is 0 Å². The zero-order valence-corrected chi connectivity index (χ0v) is 30.5. The number of rotatable bonds is 14. The van der Waals surface area contributed by atoms with Crippen molar-refractivity contribution >= 4 is 19.2 Å².